The Morgan fingerprint density at radius 2 is 1.71 bits per heavy atom. The topological polar surface area (TPSA) is 68.3 Å². The lowest BCUT2D eigenvalue weighted by atomic mass is 9.89. The van der Waals surface area contributed by atoms with E-state index < -0.39 is 13.4 Å². The van der Waals surface area contributed by atoms with E-state index in [0.717, 1.165) is 56.7 Å². The number of allylic oxidation sites excluding steroid dienone is 2. The Hall–Kier alpha value is -4.08. The maximum atomic E-state index is 12.8. The fraction of sp³-hybridized carbons (Fsp3) is 0.188. The second-order valence-electron chi connectivity index (χ2n) is 10.2. The molecule has 0 fully saturated rings. The average Bonchev–Trinajstić information content (AvgIpc) is 3.28. The van der Waals surface area contributed by atoms with Crippen LogP contribution >= 0.6 is 8.01 Å². The lowest BCUT2D eigenvalue weighted by Gasteiger charge is -2.21. The molecule has 0 saturated heterocycles. The van der Waals surface area contributed by atoms with Crippen molar-refractivity contribution in [2.24, 2.45) is 5.41 Å². The number of hydrogen-bond donors (Lipinski definition) is 1. The summed E-state index contributed by atoms with van der Waals surface area (Å²) >= 11 is 0. The molecule has 1 atom stereocenters. The van der Waals surface area contributed by atoms with Crippen molar-refractivity contribution in [2.45, 2.75) is 33.6 Å². The number of benzene rings is 3. The van der Waals surface area contributed by atoms with E-state index in [4.69, 9.17) is 13.4 Å². The van der Waals surface area contributed by atoms with Gasteiger partial charge in [0.1, 0.15) is 17.0 Å². The van der Waals surface area contributed by atoms with Gasteiger partial charge in [-0.25, -0.2) is 4.98 Å². The van der Waals surface area contributed by atoms with Gasteiger partial charge in [-0.15, -0.1) is 0 Å². The molecule has 0 spiro atoms. The first kappa shape index (κ1) is 24.3. The van der Waals surface area contributed by atoms with Crippen molar-refractivity contribution in [2.75, 3.05) is 5.32 Å². The number of pyridine rings is 1. The molecule has 1 aliphatic carbocycles. The number of aromatic nitrogens is 1. The first-order chi connectivity index (χ1) is 18.4. The summed E-state index contributed by atoms with van der Waals surface area (Å²) in [6.07, 6.45) is 10.3. The van der Waals surface area contributed by atoms with E-state index >= 15 is 0 Å². The molecule has 5 nitrogen and oxygen atoms in total. The molecule has 38 heavy (non-hydrogen) atoms. The summed E-state index contributed by atoms with van der Waals surface area (Å²) in [5.41, 5.74) is 3.93. The van der Waals surface area contributed by atoms with E-state index in [0.29, 0.717) is 11.3 Å². The van der Waals surface area contributed by atoms with Gasteiger partial charge in [0.25, 0.3) is 8.01 Å². The standard InChI is InChI=1S/C32H29N2O3P.H2/c1-4-32(2,3)31(35)34-27-15-10-16-28(33-27)38-36-25-19-17-21-11-6-5-7-13-23(21)29(25)30-24-14-9-8-12-22(24)18-20-26(30)37-38;/h6-20H,4-5H2,1-3H3,(H,33,34,35);1H. The van der Waals surface area contributed by atoms with Crippen LogP contribution in [-0.4, -0.2) is 10.9 Å². The minimum absolute atomic E-state index is 0. The monoisotopic (exact) mass is 522 g/mol. The number of nitrogens with one attached hydrogen (secondary N) is 1. The summed E-state index contributed by atoms with van der Waals surface area (Å²) in [4.78, 5) is 17.6. The van der Waals surface area contributed by atoms with Gasteiger partial charge in [-0.05, 0) is 59.0 Å². The van der Waals surface area contributed by atoms with Crippen LogP contribution in [0.4, 0.5) is 5.82 Å². The van der Waals surface area contributed by atoms with Gasteiger partial charge < -0.3 is 13.7 Å². The highest BCUT2D eigenvalue weighted by Gasteiger charge is 2.26. The highest BCUT2D eigenvalue weighted by atomic mass is 31.1. The van der Waals surface area contributed by atoms with Crippen LogP contribution in [0.15, 0.2) is 87.3 Å². The van der Waals surface area contributed by atoms with Gasteiger partial charge >= 0.3 is 0 Å². The Balaban J connectivity index is 0.00000308. The first-order valence-corrected chi connectivity index (χ1v) is 14.1. The summed E-state index contributed by atoms with van der Waals surface area (Å²) in [5.74, 6) is 0.423. The zero-order chi connectivity index (χ0) is 26.3. The van der Waals surface area contributed by atoms with Crippen LogP contribution in [0.1, 0.15) is 46.2 Å². The minimum atomic E-state index is -1.62. The molecule has 1 unspecified atom stereocenters. The van der Waals surface area contributed by atoms with Crippen molar-refractivity contribution in [3.63, 3.8) is 0 Å². The van der Waals surface area contributed by atoms with Crippen LogP contribution in [0.5, 0.6) is 0 Å². The second-order valence-corrected chi connectivity index (χ2v) is 11.5. The molecule has 0 bridgehead atoms. The van der Waals surface area contributed by atoms with Gasteiger partial charge in [0.2, 0.25) is 5.91 Å². The van der Waals surface area contributed by atoms with Gasteiger partial charge in [-0.3, -0.25) is 4.79 Å². The molecule has 192 valence electrons. The predicted molar refractivity (Wildman–Crippen MR) is 160 cm³/mol. The lowest BCUT2D eigenvalue weighted by Crippen LogP contribution is -2.30. The van der Waals surface area contributed by atoms with Crippen LogP contribution in [0, 0.1) is 5.41 Å². The number of nitrogens with zero attached hydrogens (tertiary/aromatic N) is 1. The van der Waals surface area contributed by atoms with E-state index in [1.807, 2.05) is 51.1 Å². The quantitative estimate of drug-likeness (QED) is 0.255. The van der Waals surface area contributed by atoms with Gasteiger partial charge in [-0.1, -0.05) is 87.5 Å². The molecule has 6 heteroatoms. The SMILES string of the molecule is CCC(C)(C)C(=O)Nc1cccc(-p2oc3ccc4c(c3c3c(ccc5ccccc53)o2)C=CCC=C4)n1.[HH]. The van der Waals surface area contributed by atoms with Crippen molar-refractivity contribution in [3.8, 4) is 5.44 Å². The van der Waals surface area contributed by atoms with Crippen molar-refractivity contribution < 1.29 is 14.6 Å². The smallest absolute Gasteiger partial charge is 0.272 e. The molecule has 1 aliphatic rings. The average molecular weight is 523 g/mol. The Labute approximate surface area is 223 Å². The highest BCUT2D eigenvalue weighted by Crippen LogP contribution is 2.45. The third-order valence-electron chi connectivity index (χ3n) is 7.26. The van der Waals surface area contributed by atoms with Gasteiger partial charge in [-0.2, -0.15) is 0 Å². The number of anilines is 1. The van der Waals surface area contributed by atoms with Crippen LogP contribution in [0.2, 0.25) is 0 Å². The molecular weight excluding hydrogens is 491 g/mol. The first-order valence-electron chi connectivity index (χ1n) is 12.9. The molecule has 0 radical (unpaired) electrons. The number of carbonyl (C=O) groups is 1. The van der Waals surface area contributed by atoms with Crippen molar-refractivity contribution in [1.82, 2.24) is 4.98 Å². The Bertz CT molecular complexity index is 1820. The normalized spacial score (nSPS) is 13.5. The zero-order valence-electron chi connectivity index (χ0n) is 21.7. The number of rotatable bonds is 4. The Kier molecular flexibility index (Phi) is 6.17. The largest absolute Gasteiger partial charge is 0.415 e. The summed E-state index contributed by atoms with van der Waals surface area (Å²) in [7, 11) is -1.62. The van der Waals surface area contributed by atoms with E-state index in [2.05, 4.69) is 60.0 Å². The van der Waals surface area contributed by atoms with E-state index in [1.165, 1.54) is 0 Å². The molecular formula is C32H31N2O3P. The lowest BCUT2D eigenvalue weighted by molar-refractivity contribution is -0.124. The molecule has 5 aromatic rings. The summed E-state index contributed by atoms with van der Waals surface area (Å²) < 4.78 is 13.3. The molecule has 2 heterocycles. The highest BCUT2D eigenvalue weighted by molar-refractivity contribution is 7.45. The molecule has 0 saturated carbocycles. The van der Waals surface area contributed by atoms with Gasteiger partial charge in [0.15, 0.2) is 5.44 Å². The third kappa shape index (κ3) is 4.33. The Morgan fingerprint density at radius 1 is 0.947 bits per heavy atom. The van der Waals surface area contributed by atoms with Crippen molar-refractivity contribution in [3.05, 3.63) is 90.0 Å². The summed E-state index contributed by atoms with van der Waals surface area (Å²) in [6, 6.07) is 22.2. The third-order valence-corrected chi connectivity index (χ3v) is 8.61. The number of fused-ring (bicyclic) bond motifs is 7. The Morgan fingerprint density at radius 3 is 2.55 bits per heavy atom. The maximum absolute atomic E-state index is 12.8. The molecule has 1 N–H and O–H groups in total. The van der Waals surface area contributed by atoms with E-state index in [-0.39, 0.29) is 7.33 Å². The van der Waals surface area contributed by atoms with Crippen molar-refractivity contribution >= 4 is 64.6 Å². The van der Waals surface area contributed by atoms with E-state index in [1.54, 1.807) is 6.07 Å². The summed E-state index contributed by atoms with van der Waals surface area (Å²) in [5, 5.41) is 7.26. The number of hydrogen-bond acceptors (Lipinski definition) is 4. The minimum Gasteiger partial charge on any atom is -0.415 e. The molecule has 1 amide bonds. The molecule has 0 aliphatic heterocycles. The van der Waals surface area contributed by atoms with Crippen LogP contribution in [-0.2, 0) is 4.79 Å². The molecule has 3 aromatic carbocycles. The van der Waals surface area contributed by atoms with E-state index in [9.17, 15) is 4.79 Å². The van der Waals surface area contributed by atoms with Crippen molar-refractivity contribution in [1.29, 1.82) is 0 Å². The fourth-order valence-corrected chi connectivity index (χ4v) is 5.93. The zero-order valence-corrected chi connectivity index (χ0v) is 22.6. The molecule has 6 rings (SSSR count). The van der Waals surface area contributed by atoms with Crippen LogP contribution in [0.25, 0.3) is 50.3 Å². The second kappa shape index (κ2) is 9.66. The predicted octanol–water partition coefficient (Wildman–Crippen LogP) is 9.88. The fourth-order valence-electron chi connectivity index (χ4n) is 4.65. The number of amides is 1. The van der Waals surface area contributed by atoms with Crippen LogP contribution in [0.3, 0.4) is 0 Å². The number of carbonyl (C=O) groups excluding carboxylic acids is 1. The molecule has 2 aromatic heterocycles. The van der Waals surface area contributed by atoms with Gasteiger partial charge in [0.05, 0.1) is 0 Å². The maximum Gasteiger partial charge on any atom is 0.272 e. The van der Waals surface area contributed by atoms with Crippen LogP contribution < -0.4 is 5.32 Å². The summed E-state index contributed by atoms with van der Waals surface area (Å²) in [6.45, 7) is 5.86. The van der Waals surface area contributed by atoms with Gasteiger partial charge in [0, 0.05) is 17.6 Å².